The molecule has 296 valence electrons. The first-order valence-corrected chi connectivity index (χ1v) is 17.9. The summed E-state index contributed by atoms with van der Waals surface area (Å²) in [5.41, 5.74) is -12.8. The fourth-order valence-corrected chi connectivity index (χ4v) is 6.81. The zero-order chi connectivity index (χ0) is 41.5. The average molecular weight is 916 g/mol. The predicted octanol–water partition coefficient (Wildman–Crippen LogP) is 6.09. The van der Waals surface area contributed by atoms with E-state index in [-0.39, 0.29) is 11.1 Å². The predicted molar refractivity (Wildman–Crippen MR) is 192 cm³/mol. The number of hydrogen-bond donors (Lipinski definition) is 4. The van der Waals surface area contributed by atoms with Crippen LogP contribution < -0.4 is 0 Å². The maximum atomic E-state index is 13.4. The summed E-state index contributed by atoms with van der Waals surface area (Å²) in [7, 11) is 0. The molecule has 6 rings (SSSR count). The van der Waals surface area contributed by atoms with Crippen LogP contribution >= 0.6 is 31.9 Å². The zero-order valence-electron chi connectivity index (χ0n) is 28.6. The summed E-state index contributed by atoms with van der Waals surface area (Å²) in [5.74, 6) is -5.73. The highest BCUT2D eigenvalue weighted by Gasteiger charge is 2.73. The number of nitrogens with zero attached hydrogens (tertiary/aromatic N) is 2. The molecular formula is C38H30Br2F6N2O8. The lowest BCUT2D eigenvalue weighted by Gasteiger charge is -2.32. The van der Waals surface area contributed by atoms with Crippen molar-refractivity contribution in [2.75, 3.05) is 0 Å². The summed E-state index contributed by atoms with van der Waals surface area (Å²) in [5, 5.41) is 42.1. The van der Waals surface area contributed by atoms with E-state index in [0.717, 1.165) is 0 Å². The molecule has 4 aromatic rings. The van der Waals surface area contributed by atoms with E-state index in [1.54, 1.807) is 36.4 Å². The average Bonchev–Trinajstić information content (AvgIpc) is 3.49. The Kier molecular flexibility index (Phi) is 11.8. The first-order chi connectivity index (χ1) is 26.0. The van der Waals surface area contributed by atoms with Gasteiger partial charge in [-0.05, 0) is 35.4 Å². The third-order valence-corrected chi connectivity index (χ3v) is 10.4. The maximum absolute atomic E-state index is 13.4. The number of aliphatic hydroxyl groups is 4. The summed E-state index contributed by atoms with van der Waals surface area (Å²) < 4.78 is 82.1. The van der Waals surface area contributed by atoms with Crippen molar-refractivity contribution in [3.05, 3.63) is 140 Å². The summed E-state index contributed by atoms with van der Waals surface area (Å²) in [6.07, 6.45) is -13.7. The van der Waals surface area contributed by atoms with E-state index in [1.807, 2.05) is 0 Å². The molecule has 0 bridgehead atoms. The number of hydrogen-bond acceptors (Lipinski definition) is 8. The van der Waals surface area contributed by atoms with Crippen LogP contribution in [0.3, 0.4) is 0 Å². The molecule has 4 atom stereocenters. The van der Waals surface area contributed by atoms with Crippen LogP contribution in [0.5, 0.6) is 0 Å². The van der Waals surface area contributed by atoms with Crippen molar-refractivity contribution < 1.29 is 65.9 Å². The smallest absolute Gasteiger partial charge is 0.372 e. The van der Waals surface area contributed by atoms with E-state index < -0.39 is 84.3 Å². The Labute approximate surface area is 331 Å². The van der Waals surface area contributed by atoms with Gasteiger partial charge >= 0.3 is 12.4 Å². The molecule has 2 heterocycles. The third kappa shape index (κ3) is 7.90. The van der Waals surface area contributed by atoms with Crippen molar-refractivity contribution in [3.63, 3.8) is 0 Å². The molecule has 4 N–H and O–H groups in total. The highest BCUT2D eigenvalue weighted by molar-refractivity contribution is 9.10. The fraction of sp³-hybridized carbons (Fsp3) is 0.263. The summed E-state index contributed by atoms with van der Waals surface area (Å²) >= 11 is 6.44. The lowest BCUT2D eigenvalue weighted by atomic mass is 9.91. The number of carbonyl (C=O) groups is 4. The lowest BCUT2D eigenvalue weighted by Crippen LogP contribution is -2.52. The van der Waals surface area contributed by atoms with Crippen LogP contribution in [0.2, 0.25) is 0 Å². The Morgan fingerprint density at radius 2 is 0.821 bits per heavy atom. The van der Waals surface area contributed by atoms with Gasteiger partial charge in [0, 0.05) is 33.2 Å². The van der Waals surface area contributed by atoms with Crippen LogP contribution in [-0.4, -0.2) is 88.6 Å². The number of benzene rings is 4. The SMILES string of the molecule is O=C(c1ccccc1)[C@@]1(O)C[C@@](O)(C(F)(F)F)C(=O)N1Cc1ccc(Br)cc1.O=C(c1ccccc1)[C@]1(O)C[C@](O)(C(F)(F)F)C(=O)N1Cc1ccc(Br)cc1. The van der Waals surface area contributed by atoms with Gasteiger partial charge in [-0.1, -0.05) is 117 Å². The van der Waals surface area contributed by atoms with E-state index in [1.165, 1.54) is 72.8 Å². The molecule has 4 aromatic carbocycles. The van der Waals surface area contributed by atoms with Gasteiger partial charge in [-0.2, -0.15) is 26.3 Å². The molecule has 2 amide bonds. The molecule has 0 unspecified atom stereocenters. The number of ketones is 2. The molecular weight excluding hydrogens is 886 g/mol. The van der Waals surface area contributed by atoms with Gasteiger partial charge in [0.25, 0.3) is 11.8 Å². The van der Waals surface area contributed by atoms with E-state index in [2.05, 4.69) is 31.9 Å². The Balaban J connectivity index is 0.000000214. The molecule has 2 aliphatic heterocycles. The van der Waals surface area contributed by atoms with E-state index in [0.29, 0.717) is 29.9 Å². The van der Waals surface area contributed by atoms with Crippen molar-refractivity contribution >= 4 is 55.2 Å². The van der Waals surface area contributed by atoms with Crippen LogP contribution in [0, 0.1) is 0 Å². The number of likely N-dealkylation sites (tertiary alicyclic amines) is 2. The van der Waals surface area contributed by atoms with Crippen LogP contribution in [0.1, 0.15) is 44.7 Å². The Morgan fingerprint density at radius 1 is 0.536 bits per heavy atom. The van der Waals surface area contributed by atoms with Crippen LogP contribution in [0.25, 0.3) is 0 Å². The van der Waals surface area contributed by atoms with Crippen LogP contribution in [-0.2, 0) is 22.7 Å². The summed E-state index contributed by atoms with van der Waals surface area (Å²) in [4.78, 5) is 51.5. The largest absolute Gasteiger partial charge is 0.426 e. The van der Waals surface area contributed by atoms with Gasteiger partial charge in [-0.3, -0.25) is 19.2 Å². The van der Waals surface area contributed by atoms with Gasteiger partial charge in [0.15, 0.2) is 0 Å². The molecule has 0 aliphatic carbocycles. The standard InChI is InChI=1S/2C19H15BrF3NO4/c2*20-14-8-6-12(7-9-14)10-24-16(26)17(27,19(21,22)23)11-18(24,28)15(25)13-4-2-1-3-5-13/h2*1-9,27-28H,10-11H2/t2*17-,18-/m10/s1. The van der Waals surface area contributed by atoms with E-state index in [4.69, 9.17) is 0 Å². The van der Waals surface area contributed by atoms with Crippen molar-refractivity contribution in [1.82, 2.24) is 9.80 Å². The Bertz CT molecular complexity index is 1960. The Morgan fingerprint density at radius 3 is 1.09 bits per heavy atom. The maximum Gasteiger partial charge on any atom is 0.426 e. The highest BCUT2D eigenvalue weighted by atomic mass is 79.9. The minimum absolute atomic E-state index is 0.0787. The van der Waals surface area contributed by atoms with Crippen molar-refractivity contribution in [2.24, 2.45) is 0 Å². The minimum atomic E-state index is -5.36. The van der Waals surface area contributed by atoms with E-state index in [9.17, 15) is 65.9 Å². The van der Waals surface area contributed by atoms with Gasteiger partial charge in [-0.25, -0.2) is 0 Å². The number of amides is 2. The summed E-state index contributed by atoms with van der Waals surface area (Å²) in [6.45, 7) is -0.973. The van der Waals surface area contributed by atoms with Crippen molar-refractivity contribution in [1.29, 1.82) is 0 Å². The number of carbonyl (C=O) groups excluding carboxylic acids is 4. The quantitative estimate of drug-likeness (QED) is 0.122. The topological polar surface area (TPSA) is 156 Å². The third-order valence-electron chi connectivity index (χ3n) is 9.34. The Hall–Kier alpha value is -4.46. The van der Waals surface area contributed by atoms with Gasteiger partial charge < -0.3 is 30.2 Å². The van der Waals surface area contributed by atoms with Gasteiger partial charge in [0.2, 0.25) is 34.2 Å². The fourth-order valence-electron chi connectivity index (χ4n) is 6.28. The first-order valence-electron chi connectivity index (χ1n) is 16.3. The highest BCUT2D eigenvalue weighted by Crippen LogP contribution is 2.48. The second-order valence-corrected chi connectivity index (χ2v) is 15.0. The molecule has 10 nitrogen and oxygen atoms in total. The zero-order valence-corrected chi connectivity index (χ0v) is 31.7. The molecule has 0 radical (unpaired) electrons. The van der Waals surface area contributed by atoms with Crippen molar-refractivity contribution in [2.45, 2.75) is 60.9 Å². The van der Waals surface area contributed by atoms with Gasteiger partial charge in [0.05, 0.1) is 12.8 Å². The van der Waals surface area contributed by atoms with Crippen LogP contribution in [0.4, 0.5) is 26.3 Å². The molecule has 2 aliphatic rings. The van der Waals surface area contributed by atoms with Crippen molar-refractivity contribution in [3.8, 4) is 0 Å². The molecule has 0 spiro atoms. The molecule has 0 aromatic heterocycles. The summed E-state index contributed by atoms with van der Waals surface area (Å²) in [6, 6.07) is 26.8. The second kappa shape index (κ2) is 15.5. The normalized spacial score (nSPS) is 25.2. The molecule has 2 saturated heterocycles. The number of Topliss-reactive ketones (excluding diaryl/α,β-unsaturated/α-hetero) is 2. The van der Waals surface area contributed by atoms with Gasteiger partial charge in [0.1, 0.15) is 0 Å². The second-order valence-electron chi connectivity index (χ2n) is 13.1. The molecule has 0 saturated carbocycles. The monoisotopic (exact) mass is 914 g/mol. The minimum Gasteiger partial charge on any atom is -0.372 e. The number of halogens is 8. The van der Waals surface area contributed by atoms with E-state index >= 15 is 0 Å². The molecule has 56 heavy (non-hydrogen) atoms. The number of alkyl halides is 6. The van der Waals surface area contributed by atoms with Gasteiger partial charge in [-0.15, -0.1) is 0 Å². The van der Waals surface area contributed by atoms with Crippen LogP contribution in [0.15, 0.2) is 118 Å². The lowest BCUT2D eigenvalue weighted by molar-refractivity contribution is -0.251. The molecule has 18 heteroatoms. The number of rotatable bonds is 8. The molecule has 2 fully saturated rings. The first kappa shape index (κ1) is 42.7.